The van der Waals surface area contributed by atoms with Gasteiger partial charge in [-0.2, -0.15) is 0 Å². The molecule has 2 saturated carbocycles. The highest BCUT2D eigenvalue weighted by Gasteiger charge is 2.60. The number of aliphatic hydroxyl groups is 1. The van der Waals surface area contributed by atoms with Gasteiger partial charge < -0.3 is 16.2 Å². The van der Waals surface area contributed by atoms with E-state index >= 15 is 0 Å². The van der Waals surface area contributed by atoms with Gasteiger partial charge in [-0.05, 0) is 69.1 Å². The van der Waals surface area contributed by atoms with Gasteiger partial charge in [0.25, 0.3) is 5.91 Å². The number of nitrogens with one attached hydrogen (secondary N) is 1. The number of nitrogens with two attached hydrogens (primary N) is 1. The van der Waals surface area contributed by atoms with Crippen LogP contribution in [0.25, 0.3) is 11.1 Å². The number of nitrogens with zero attached hydrogens (tertiary/aromatic N) is 2. The summed E-state index contributed by atoms with van der Waals surface area (Å²) in [6.45, 7) is 6.92. The van der Waals surface area contributed by atoms with Crippen LogP contribution in [0.1, 0.15) is 61.9 Å². The van der Waals surface area contributed by atoms with Gasteiger partial charge in [-0.1, -0.05) is 24.3 Å². The summed E-state index contributed by atoms with van der Waals surface area (Å²) < 4.78 is 0. The standard InChI is InChI=1S/C26H34N4O2/c1-16(2)30-14-20-12-26(20,15-30)19-5-3-17(4-6-19)18-11-23(24(27)28-13-18)25(32)29-21-7-9-22(31)10-8-21/h3-6,11,13,16,20-22,31H,7-10,12,14-15H2,1-2H3,(H2,27,28)(H,29,32)/t20-,21-,22-,26+/m0/s1. The topological polar surface area (TPSA) is 91.5 Å². The molecule has 0 unspecified atom stereocenters. The van der Waals surface area contributed by atoms with Crippen molar-refractivity contribution in [3.8, 4) is 11.1 Å². The molecule has 32 heavy (non-hydrogen) atoms. The summed E-state index contributed by atoms with van der Waals surface area (Å²) in [6, 6.07) is 11.3. The van der Waals surface area contributed by atoms with E-state index in [0.29, 0.717) is 17.0 Å². The van der Waals surface area contributed by atoms with E-state index < -0.39 is 0 Å². The Morgan fingerprint density at radius 2 is 1.91 bits per heavy atom. The highest BCUT2D eigenvalue weighted by molar-refractivity contribution is 5.99. The fourth-order valence-electron chi connectivity index (χ4n) is 5.65. The molecule has 2 aliphatic carbocycles. The van der Waals surface area contributed by atoms with Crippen LogP contribution in [0.3, 0.4) is 0 Å². The molecule has 2 atom stereocenters. The molecule has 5 rings (SSSR count). The molecule has 3 fully saturated rings. The number of piperidine rings is 1. The van der Waals surface area contributed by atoms with E-state index in [4.69, 9.17) is 5.73 Å². The zero-order chi connectivity index (χ0) is 22.5. The third-order valence-electron chi connectivity index (χ3n) is 7.89. The van der Waals surface area contributed by atoms with Crippen LogP contribution in [0, 0.1) is 5.92 Å². The fourth-order valence-corrected chi connectivity index (χ4v) is 5.65. The summed E-state index contributed by atoms with van der Waals surface area (Å²) in [5.41, 5.74) is 10.2. The fraction of sp³-hybridized carbons (Fsp3) is 0.538. The monoisotopic (exact) mass is 434 g/mol. The first-order valence-corrected chi connectivity index (χ1v) is 11.9. The second kappa shape index (κ2) is 8.16. The van der Waals surface area contributed by atoms with Crippen molar-refractivity contribution in [2.24, 2.45) is 5.92 Å². The average Bonchev–Trinajstić information content (AvgIpc) is 3.36. The van der Waals surface area contributed by atoms with Crippen molar-refractivity contribution in [1.29, 1.82) is 0 Å². The molecule has 170 valence electrons. The lowest BCUT2D eigenvalue weighted by Crippen LogP contribution is -2.38. The maximum atomic E-state index is 12.9. The van der Waals surface area contributed by atoms with Gasteiger partial charge in [0, 0.05) is 42.3 Å². The lowest BCUT2D eigenvalue weighted by molar-refractivity contribution is 0.0868. The van der Waals surface area contributed by atoms with Crippen LogP contribution >= 0.6 is 0 Å². The molecule has 3 aliphatic rings. The minimum atomic E-state index is -0.246. The van der Waals surface area contributed by atoms with Crippen molar-refractivity contribution >= 4 is 11.7 Å². The second-order valence-electron chi connectivity index (χ2n) is 10.3. The Balaban J connectivity index is 1.31. The minimum Gasteiger partial charge on any atom is -0.393 e. The van der Waals surface area contributed by atoms with Crippen molar-refractivity contribution in [3.63, 3.8) is 0 Å². The number of nitrogen functional groups attached to an aromatic ring is 1. The molecule has 0 bridgehead atoms. The number of benzene rings is 1. The zero-order valence-corrected chi connectivity index (χ0v) is 19.1. The number of hydrogen-bond donors (Lipinski definition) is 3. The van der Waals surface area contributed by atoms with Gasteiger partial charge >= 0.3 is 0 Å². The van der Waals surface area contributed by atoms with Crippen LogP contribution < -0.4 is 11.1 Å². The van der Waals surface area contributed by atoms with Gasteiger partial charge in [-0.15, -0.1) is 0 Å². The predicted octanol–water partition coefficient (Wildman–Crippen LogP) is 3.35. The normalized spacial score (nSPS) is 29.7. The summed E-state index contributed by atoms with van der Waals surface area (Å²) in [4.78, 5) is 19.8. The van der Waals surface area contributed by atoms with E-state index in [0.717, 1.165) is 49.3 Å². The number of carbonyl (C=O) groups is 1. The van der Waals surface area contributed by atoms with E-state index in [9.17, 15) is 9.90 Å². The van der Waals surface area contributed by atoms with Gasteiger partial charge in [0.2, 0.25) is 0 Å². The van der Waals surface area contributed by atoms with Crippen molar-refractivity contribution in [3.05, 3.63) is 47.7 Å². The minimum absolute atomic E-state index is 0.0794. The molecule has 0 spiro atoms. The smallest absolute Gasteiger partial charge is 0.255 e. The number of fused-ring (bicyclic) bond motifs is 1. The van der Waals surface area contributed by atoms with Crippen molar-refractivity contribution < 1.29 is 9.90 Å². The Hall–Kier alpha value is -2.44. The molecule has 1 aliphatic heterocycles. The third kappa shape index (κ3) is 3.90. The molecule has 0 radical (unpaired) electrons. The van der Waals surface area contributed by atoms with Crippen LogP contribution in [0.15, 0.2) is 36.5 Å². The summed E-state index contributed by atoms with van der Waals surface area (Å²) >= 11 is 0. The zero-order valence-electron chi connectivity index (χ0n) is 19.1. The molecule has 1 amide bonds. The number of rotatable bonds is 5. The molecule has 6 nitrogen and oxygen atoms in total. The predicted molar refractivity (Wildman–Crippen MR) is 126 cm³/mol. The first kappa shape index (κ1) is 21.4. The van der Waals surface area contributed by atoms with Crippen LogP contribution in [0.2, 0.25) is 0 Å². The Kier molecular flexibility index (Phi) is 5.46. The average molecular weight is 435 g/mol. The summed E-state index contributed by atoms with van der Waals surface area (Å²) in [5.74, 6) is 0.845. The largest absolute Gasteiger partial charge is 0.393 e. The Morgan fingerprint density at radius 3 is 2.56 bits per heavy atom. The molecular weight excluding hydrogens is 400 g/mol. The van der Waals surface area contributed by atoms with E-state index in [-0.39, 0.29) is 23.9 Å². The van der Waals surface area contributed by atoms with Crippen LogP contribution in [-0.2, 0) is 5.41 Å². The van der Waals surface area contributed by atoms with Crippen molar-refractivity contribution in [1.82, 2.24) is 15.2 Å². The lowest BCUT2D eigenvalue weighted by atomic mass is 9.92. The van der Waals surface area contributed by atoms with E-state index in [2.05, 4.69) is 53.3 Å². The number of aromatic nitrogens is 1. The summed E-state index contributed by atoms with van der Waals surface area (Å²) in [7, 11) is 0. The number of aliphatic hydroxyl groups excluding tert-OH is 1. The molecule has 1 saturated heterocycles. The quantitative estimate of drug-likeness (QED) is 0.671. The number of anilines is 1. The van der Waals surface area contributed by atoms with Gasteiger partial charge in [0.15, 0.2) is 0 Å². The van der Waals surface area contributed by atoms with Crippen LogP contribution in [0.4, 0.5) is 5.82 Å². The van der Waals surface area contributed by atoms with E-state index in [1.165, 1.54) is 18.5 Å². The van der Waals surface area contributed by atoms with Gasteiger partial charge in [0.05, 0.1) is 11.7 Å². The number of amides is 1. The number of carbonyl (C=O) groups excluding carboxylic acids is 1. The molecule has 2 heterocycles. The van der Waals surface area contributed by atoms with Crippen LogP contribution in [0.5, 0.6) is 0 Å². The molecular formula is C26H34N4O2. The molecule has 4 N–H and O–H groups in total. The van der Waals surface area contributed by atoms with Gasteiger partial charge in [-0.25, -0.2) is 4.98 Å². The highest BCUT2D eigenvalue weighted by Crippen LogP contribution is 2.59. The number of pyridine rings is 1. The van der Waals surface area contributed by atoms with E-state index in [1.807, 2.05) is 6.07 Å². The molecule has 2 aromatic rings. The van der Waals surface area contributed by atoms with Crippen molar-refractivity contribution in [2.45, 2.75) is 69.6 Å². The molecule has 1 aromatic heterocycles. The Morgan fingerprint density at radius 1 is 1.19 bits per heavy atom. The number of hydrogen-bond acceptors (Lipinski definition) is 5. The molecule has 1 aromatic carbocycles. The van der Waals surface area contributed by atoms with Crippen LogP contribution in [-0.4, -0.2) is 52.2 Å². The summed E-state index contributed by atoms with van der Waals surface area (Å²) in [5, 5.41) is 12.8. The molecule has 6 heteroatoms. The summed E-state index contributed by atoms with van der Waals surface area (Å²) in [6.07, 6.45) is 5.82. The number of likely N-dealkylation sites (tertiary alicyclic amines) is 1. The second-order valence-corrected chi connectivity index (χ2v) is 10.3. The third-order valence-corrected chi connectivity index (χ3v) is 7.89. The van der Waals surface area contributed by atoms with Gasteiger partial charge in [0.1, 0.15) is 5.82 Å². The van der Waals surface area contributed by atoms with Gasteiger partial charge in [-0.3, -0.25) is 9.69 Å². The first-order chi connectivity index (χ1) is 15.4. The highest BCUT2D eigenvalue weighted by atomic mass is 16.3. The maximum Gasteiger partial charge on any atom is 0.255 e. The SMILES string of the molecule is CC(C)N1C[C@@H]2C[C@]2(c2ccc(-c3cnc(N)c(C(=O)N[C@H]4CC[C@H](O)CC4)c3)cc2)C1. The first-order valence-electron chi connectivity index (χ1n) is 11.9. The van der Waals surface area contributed by atoms with Crippen molar-refractivity contribution in [2.75, 3.05) is 18.8 Å². The Labute approximate surface area is 190 Å². The van der Waals surface area contributed by atoms with E-state index in [1.54, 1.807) is 6.20 Å². The lowest BCUT2D eigenvalue weighted by Gasteiger charge is -2.26. The Bertz CT molecular complexity index is 997. The maximum absolute atomic E-state index is 12.9.